The van der Waals surface area contributed by atoms with E-state index in [4.69, 9.17) is 0 Å². The standard InChI is InChI=1S/C13H15F9O5S2/c1-2-8(23)7-28(5-3-9(24)4-6-28)27-29(25,26)13(21,22)11(16,17)10(14,15)12(18,19)20/h2-7H2,1H3. The molecule has 0 aromatic rings. The fourth-order valence-electron chi connectivity index (χ4n) is 2.21. The summed E-state index contributed by atoms with van der Waals surface area (Å²) in [4.78, 5) is 22.9. The highest BCUT2D eigenvalue weighted by atomic mass is 32.3. The van der Waals surface area contributed by atoms with E-state index in [9.17, 15) is 57.5 Å². The van der Waals surface area contributed by atoms with Crippen LogP contribution in [0.25, 0.3) is 0 Å². The molecule has 1 rings (SSSR count). The molecular formula is C13H15F9O5S2. The van der Waals surface area contributed by atoms with Gasteiger partial charge in [-0.1, -0.05) is 6.92 Å². The van der Waals surface area contributed by atoms with Gasteiger partial charge in [0.2, 0.25) is 0 Å². The molecule has 1 fully saturated rings. The average Bonchev–Trinajstić information content (AvgIpc) is 2.55. The van der Waals surface area contributed by atoms with Crippen molar-refractivity contribution in [2.24, 2.45) is 0 Å². The van der Waals surface area contributed by atoms with Crippen LogP contribution in [0.1, 0.15) is 26.2 Å². The van der Waals surface area contributed by atoms with Crippen LogP contribution in [-0.2, 0) is 23.3 Å². The number of alkyl halides is 9. The molecule has 0 aromatic carbocycles. The third-order valence-corrected chi connectivity index (χ3v) is 9.49. The minimum absolute atomic E-state index is 0.259. The number of halogens is 9. The molecule has 1 saturated heterocycles. The third-order valence-electron chi connectivity index (χ3n) is 3.99. The van der Waals surface area contributed by atoms with E-state index in [1.807, 2.05) is 0 Å². The molecule has 1 heterocycles. The Morgan fingerprint density at radius 3 is 1.79 bits per heavy atom. The van der Waals surface area contributed by atoms with Crippen molar-refractivity contribution in [3.8, 4) is 0 Å². The molecule has 5 nitrogen and oxygen atoms in total. The summed E-state index contributed by atoms with van der Waals surface area (Å²) in [5.41, 5.74) is 0. The molecule has 0 atom stereocenters. The SMILES string of the molecule is CCC(=O)CS1(OS(=O)(=O)C(F)(F)C(F)(F)C(F)(F)C(F)(F)F)CCC(=O)CC1. The van der Waals surface area contributed by atoms with Crippen molar-refractivity contribution in [1.29, 1.82) is 0 Å². The van der Waals surface area contributed by atoms with Gasteiger partial charge in [0, 0.05) is 30.8 Å². The van der Waals surface area contributed by atoms with Crippen molar-refractivity contribution >= 4 is 32.0 Å². The maximum Gasteiger partial charge on any atom is 0.460 e. The zero-order chi connectivity index (χ0) is 23.1. The highest BCUT2D eigenvalue weighted by Crippen LogP contribution is 2.60. The van der Waals surface area contributed by atoms with Gasteiger partial charge in [0.15, 0.2) is 0 Å². The minimum Gasteiger partial charge on any atom is -0.300 e. The zero-order valence-electron chi connectivity index (χ0n) is 14.5. The lowest BCUT2D eigenvalue weighted by molar-refractivity contribution is -0.382. The predicted octanol–water partition coefficient (Wildman–Crippen LogP) is 3.82. The summed E-state index contributed by atoms with van der Waals surface area (Å²) in [6, 6.07) is 0. The summed E-state index contributed by atoms with van der Waals surface area (Å²) in [6.07, 6.45) is -8.40. The second-order valence-corrected chi connectivity index (χ2v) is 11.1. The molecule has 0 saturated carbocycles. The number of hydrogen-bond acceptors (Lipinski definition) is 5. The quantitative estimate of drug-likeness (QED) is 0.488. The molecule has 29 heavy (non-hydrogen) atoms. The van der Waals surface area contributed by atoms with Gasteiger partial charge in [-0.15, -0.1) is 10.3 Å². The van der Waals surface area contributed by atoms with Gasteiger partial charge in [-0.2, -0.15) is 47.9 Å². The summed E-state index contributed by atoms with van der Waals surface area (Å²) in [6.45, 7) is 1.28. The number of ketones is 2. The van der Waals surface area contributed by atoms with E-state index >= 15 is 0 Å². The number of Topliss-reactive ketones (excluding diaryl/α,β-unsaturated/α-hetero) is 2. The maximum atomic E-state index is 13.8. The smallest absolute Gasteiger partial charge is 0.300 e. The number of carbonyl (C=O) groups is 2. The molecule has 0 radical (unpaired) electrons. The summed E-state index contributed by atoms with van der Waals surface area (Å²) in [7, 11) is -10.6. The number of hydrogen-bond donors (Lipinski definition) is 0. The van der Waals surface area contributed by atoms with Crippen molar-refractivity contribution < 1.29 is 61.1 Å². The van der Waals surface area contributed by atoms with Crippen molar-refractivity contribution in [2.75, 3.05) is 17.3 Å². The lowest BCUT2D eigenvalue weighted by Crippen LogP contribution is -2.63. The number of carbonyl (C=O) groups excluding carboxylic acids is 2. The van der Waals surface area contributed by atoms with Gasteiger partial charge in [-0.05, 0) is 0 Å². The summed E-state index contributed by atoms with van der Waals surface area (Å²) < 4.78 is 145. The first-order valence-corrected chi connectivity index (χ1v) is 11.2. The largest absolute Gasteiger partial charge is 0.460 e. The summed E-state index contributed by atoms with van der Waals surface area (Å²) in [5.74, 6) is -18.2. The van der Waals surface area contributed by atoms with Crippen LogP contribution in [0.2, 0.25) is 0 Å². The van der Waals surface area contributed by atoms with Gasteiger partial charge in [-0.25, -0.2) is 3.63 Å². The Balaban J connectivity index is 3.39. The molecule has 0 bridgehead atoms. The average molecular weight is 486 g/mol. The fourth-order valence-corrected chi connectivity index (χ4v) is 7.73. The first-order chi connectivity index (χ1) is 12.8. The van der Waals surface area contributed by atoms with E-state index in [0.29, 0.717) is 0 Å². The van der Waals surface area contributed by atoms with Crippen molar-refractivity contribution in [3.63, 3.8) is 0 Å². The highest BCUT2D eigenvalue weighted by Gasteiger charge is 2.86. The molecule has 172 valence electrons. The predicted molar refractivity (Wildman–Crippen MR) is 82.6 cm³/mol. The third kappa shape index (κ3) is 4.68. The molecule has 0 aromatic heterocycles. The van der Waals surface area contributed by atoms with Crippen LogP contribution in [0.15, 0.2) is 0 Å². The number of rotatable bonds is 8. The first kappa shape index (κ1) is 26.0. The monoisotopic (exact) mass is 486 g/mol. The summed E-state index contributed by atoms with van der Waals surface area (Å²) >= 11 is 0. The Morgan fingerprint density at radius 2 is 1.41 bits per heavy atom. The van der Waals surface area contributed by atoms with Crippen molar-refractivity contribution in [3.05, 3.63) is 0 Å². The van der Waals surface area contributed by atoms with Crippen LogP contribution in [0, 0.1) is 0 Å². The highest BCUT2D eigenvalue weighted by molar-refractivity contribution is 8.33. The molecule has 0 aliphatic carbocycles. The van der Waals surface area contributed by atoms with Gasteiger partial charge >= 0.3 is 33.4 Å². The van der Waals surface area contributed by atoms with E-state index in [0.717, 1.165) is 0 Å². The lowest BCUT2D eigenvalue weighted by Gasteiger charge is -2.42. The molecule has 0 N–H and O–H groups in total. The molecule has 0 amide bonds. The van der Waals surface area contributed by atoms with Crippen LogP contribution < -0.4 is 0 Å². The molecule has 0 unspecified atom stereocenters. The van der Waals surface area contributed by atoms with Crippen LogP contribution in [-0.4, -0.2) is 60.5 Å². The van der Waals surface area contributed by atoms with Gasteiger partial charge < -0.3 is 0 Å². The lowest BCUT2D eigenvalue weighted by atomic mass is 10.1. The van der Waals surface area contributed by atoms with E-state index < -0.39 is 85.4 Å². The fraction of sp³-hybridized carbons (Fsp3) is 0.846. The van der Waals surface area contributed by atoms with Crippen LogP contribution in [0.4, 0.5) is 39.5 Å². The second-order valence-electron chi connectivity index (χ2n) is 6.13. The Bertz CT molecular complexity index is 751. The summed E-state index contributed by atoms with van der Waals surface area (Å²) in [5, 5.41) is -6.99. The molecule has 16 heteroatoms. The van der Waals surface area contributed by atoms with Gasteiger partial charge in [-0.3, -0.25) is 9.59 Å². The molecule has 1 aliphatic rings. The van der Waals surface area contributed by atoms with Gasteiger partial charge in [0.05, 0.1) is 5.75 Å². The van der Waals surface area contributed by atoms with E-state index in [2.05, 4.69) is 3.63 Å². The molecular weight excluding hydrogens is 471 g/mol. The topological polar surface area (TPSA) is 77.5 Å². The van der Waals surface area contributed by atoms with Crippen LogP contribution in [0.3, 0.4) is 0 Å². The van der Waals surface area contributed by atoms with Gasteiger partial charge in [0.25, 0.3) is 0 Å². The minimum atomic E-state index is -7.42. The van der Waals surface area contributed by atoms with E-state index in [1.54, 1.807) is 0 Å². The van der Waals surface area contributed by atoms with Crippen LogP contribution >= 0.6 is 10.3 Å². The molecule has 0 spiro atoms. The van der Waals surface area contributed by atoms with Crippen molar-refractivity contribution in [2.45, 2.75) is 49.5 Å². The van der Waals surface area contributed by atoms with Crippen LogP contribution in [0.5, 0.6) is 0 Å². The Labute approximate surface area is 160 Å². The van der Waals surface area contributed by atoms with Gasteiger partial charge in [0.1, 0.15) is 11.6 Å². The first-order valence-electron chi connectivity index (χ1n) is 7.72. The zero-order valence-corrected chi connectivity index (χ0v) is 16.1. The molecule has 1 aliphatic heterocycles. The van der Waals surface area contributed by atoms with E-state index in [1.165, 1.54) is 6.92 Å². The Morgan fingerprint density at radius 1 is 0.966 bits per heavy atom. The second kappa shape index (κ2) is 7.90. The van der Waals surface area contributed by atoms with Crippen molar-refractivity contribution in [1.82, 2.24) is 0 Å². The normalized spacial score (nSPS) is 20.4. The van der Waals surface area contributed by atoms with E-state index in [-0.39, 0.29) is 6.42 Å². The Kier molecular flexibility index (Phi) is 7.09. The Hall–Kier alpha value is -1.03. The maximum absolute atomic E-state index is 13.8.